The molecule has 0 saturated carbocycles. The Hall–Kier alpha value is -3.71. The predicted molar refractivity (Wildman–Crippen MR) is 136 cm³/mol. The van der Waals surface area contributed by atoms with E-state index in [0.717, 1.165) is 23.3 Å². The van der Waals surface area contributed by atoms with Crippen molar-refractivity contribution in [3.63, 3.8) is 0 Å². The molecule has 0 unspecified atom stereocenters. The number of carbonyl (C=O) groups is 2. The van der Waals surface area contributed by atoms with Crippen molar-refractivity contribution < 1.29 is 19.4 Å². The summed E-state index contributed by atoms with van der Waals surface area (Å²) in [5, 5.41) is 10.6. The van der Waals surface area contributed by atoms with Gasteiger partial charge in [0.2, 0.25) is 5.91 Å². The highest BCUT2D eigenvalue weighted by molar-refractivity contribution is 5.94. The summed E-state index contributed by atoms with van der Waals surface area (Å²) >= 11 is 0. The Balaban J connectivity index is 1.48. The van der Waals surface area contributed by atoms with Crippen LogP contribution in [0.4, 0.5) is 0 Å². The van der Waals surface area contributed by atoms with Crippen LogP contribution in [0.2, 0.25) is 0 Å². The lowest BCUT2D eigenvalue weighted by Gasteiger charge is -2.49. The van der Waals surface area contributed by atoms with Crippen LogP contribution >= 0.6 is 0 Å². The standard InChI is InChI=1S/C29H31N3O4/c1-18-7-4-5-9-26(18)36-22-11-10-20-12-14-32-24(23(20)15-22)16-25(27(19(2)33)29(32)35)31(3)28(34)21-8-6-13-30-17-21/h4-11,13,15,17,19,24-25,27,33H,12,14,16H2,1-3H3/t19-,24-,25-,27-/m0/s1. The smallest absolute Gasteiger partial charge is 0.255 e. The molecular weight excluding hydrogens is 454 g/mol. The third-order valence-electron chi connectivity index (χ3n) is 7.49. The van der Waals surface area contributed by atoms with Gasteiger partial charge in [0.05, 0.1) is 23.6 Å². The molecule has 2 aliphatic heterocycles. The van der Waals surface area contributed by atoms with Crippen LogP contribution in [0.3, 0.4) is 0 Å². The van der Waals surface area contributed by atoms with E-state index in [9.17, 15) is 14.7 Å². The van der Waals surface area contributed by atoms with E-state index >= 15 is 0 Å². The fourth-order valence-electron chi connectivity index (χ4n) is 5.56. The summed E-state index contributed by atoms with van der Waals surface area (Å²) in [4.78, 5) is 34.5. The summed E-state index contributed by atoms with van der Waals surface area (Å²) in [6.07, 6.45) is 3.53. The van der Waals surface area contributed by atoms with Gasteiger partial charge in [0.15, 0.2) is 0 Å². The molecule has 0 bridgehead atoms. The third kappa shape index (κ3) is 4.35. The zero-order valence-electron chi connectivity index (χ0n) is 20.8. The Morgan fingerprint density at radius 3 is 2.72 bits per heavy atom. The molecule has 3 aromatic rings. The van der Waals surface area contributed by atoms with E-state index in [1.54, 1.807) is 37.2 Å². The van der Waals surface area contributed by atoms with Gasteiger partial charge in [-0.05, 0) is 73.7 Å². The van der Waals surface area contributed by atoms with Gasteiger partial charge in [0.25, 0.3) is 5.91 Å². The molecule has 0 aliphatic carbocycles. The van der Waals surface area contributed by atoms with Crippen molar-refractivity contribution in [3.05, 3.63) is 89.2 Å². The third-order valence-corrected chi connectivity index (χ3v) is 7.49. The molecule has 2 amide bonds. The number of hydrogen-bond acceptors (Lipinski definition) is 5. The first kappa shape index (κ1) is 24.0. The average Bonchev–Trinajstić information content (AvgIpc) is 2.89. The van der Waals surface area contributed by atoms with Crippen molar-refractivity contribution in [2.24, 2.45) is 5.92 Å². The zero-order chi connectivity index (χ0) is 25.4. The molecule has 5 rings (SSSR count). The molecular formula is C29H31N3O4. The van der Waals surface area contributed by atoms with E-state index in [-0.39, 0.29) is 17.9 Å². The molecule has 7 nitrogen and oxygen atoms in total. The first-order chi connectivity index (χ1) is 17.3. The van der Waals surface area contributed by atoms with E-state index in [2.05, 4.69) is 11.1 Å². The van der Waals surface area contributed by atoms with Gasteiger partial charge in [-0.1, -0.05) is 24.3 Å². The van der Waals surface area contributed by atoms with Crippen molar-refractivity contribution in [2.45, 2.75) is 44.9 Å². The summed E-state index contributed by atoms with van der Waals surface area (Å²) in [7, 11) is 1.71. The first-order valence-corrected chi connectivity index (χ1v) is 12.4. The summed E-state index contributed by atoms with van der Waals surface area (Å²) in [6.45, 7) is 4.22. The Kier molecular flexibility index (Phi) is 6.49. The minimum atomic E-state index is -0.885. The van der Waals surface area contributed by atoms with Gasteiger partial charge >= 0.3 is 0 Å². The van der Waals surface area contributed by atoms with Crippen LogP contribution in [0, 0.1) is 12.8 Å². The van der Waals surface area contributed by atoms with Crippen LogP contribution in [0.5, 0.6) is 11.5 Å². The maximum absolute atomic E-state index is 13.7. The number of aliphatic hydroxyl groups excluding tert-OH is 1. The Morgan fingerprint density at radius 1 is 1.19 bits per heavy atom. The lowest BCUT2D eigenvalue weighted by Crippen LogP contribution is -2.59. The van der Waals surface area contributed by atoms with Gasteiger partial charge in [-0.3, -0.25) is 14.6 Å². The number of aliphatic hydroxyl groups is 1. The predicted octanol–water partition coefficient (Wildman–Crippen LogP) is 4.15. The number of nitrogens with zero attached hydrogens (tertiary/aromatic N) is 3. The maximum Gasteiger partial charge on any atom is 0.255 e. The molecule has 1 N–H and O–H groups in total. The minimum absolute atomic E-state index is 0.118. The minimum Gasteiger partial charge on any atom is -0.457 e. The fourth-order valence-corrected chi connectivity index (χ4v) is 5.56. The quantitative estimate of drug-likeness (QED) is 0.587. The summed E-state index contributed by atoms with van der Waals surface area (Å²) < 4.78 is 6.20. The van der Waals surface area contributed by atoms with Crippen molar-refractivity contribution in [1.29, 1.82) is 0 Å². The second-order valence-electron chi connectivity index (χ2n) is 9.75. The van der Waals surface area contributed by atoms with Crippen LogP contribution in [0.25, 0.3) is 0 Å². The molecule has 2 aromatic carbocycles. The SMILES string of the molecule is Cc1ccccc1Oc1ccc2c(c1)[C@@H]1C[C@H](N(C)C(=O)c3cccnc3)[C@H]([C@H](C)O)C(=O)N1CC2. The largest absolute Gasteiger partial charge is 0.457 e. The molecule has 1 aromatic heterocycles. The van der Waals surface area contributed by atoms with Crippen molar-refractivity contribution in [1.82, 2.24) is 14.8 Å². The highest BCUT2D eigenvalue weighted by atomic mass is 16.5. The number of carbonyl (C=O) groups excluding carboxylic acids is 2. The van der Waals surface area contributed by atoms with Crippen molar-refractivity contribution >= 4 is 11.8 Å². The second kappa shape index (κ2) is 9.74. The van der Waals surface area contributed by atoms with E-state index in [1.165, 1.54) is 11.8 Å². The van der Waals surface area contributed by atoms with Gasteiger partial charge < -0.3 is 19.6 Å². The van der Waals surface area contributed by atoms with Crippen LogP contribution in [0.1, 0.15) is 46.4 Å². The summed E-state index contributed by atoms with van der Waals surface area (Å²) in [5.74, 6) is 0.477. The number of aromatic nitrogens is 1. The number of aryl methyl sites for hydroxylation is 1. The second-order valence-corrected chi connectivity index (χ2v) is 9.75. The molecule has 4 atom stereocenters. The zero-order valence-corrected chi connectivity index (χ0v) is 20.8. The fraction of sp³-hybridized carbons (Fsp3) is 0.345. The van der Waals surface area contributed by atoms with E-state index < -0.39 is 18.1 Å². The lowest BCUT2D eigenvalue weighted by molar-refractivity contribution is -0.151. The lowest BCUT2D eigenvalue weighted by atomic mass is 9.77. The number of amides is 2. The molecule has 3 heterocycles. The monoisotopic (exact) mass is 485 g/mol. The van der Waals surface area contributed by atoms with Gasteiger partial charge in [0, 0.05) is 32.0 Å². The van der Waals surface area contributed by atoms with Crippen molar-refractivity contribution in [2.75, 3.05) is 13.6 Å². The molecule has 1 saturated heterocycles. The number of benzene rings is 2. The van der Waals surface area contributed by atoms with E-state index in [0.29, 0.717) is 24.3 Å². The van der Waals surface area contributed by atoms with Crippen LogP contribution in [-0.2, 0) is 11.2 Å². The summed E-state index contributed by atoms with van der Waals surface area (Å²) in [5.41, 5.74) is 3.71. The molecule has 0 radical (unpaired) electrons. The number of fused-ring (bicyclic) bond motifs is 3. The summed E-state index contributed by atoms with van der Waals surface area (Å²) in [6, 6.07) is 16.7. The Bertz CT molecular complexity index is 1280. The molecule has 7 heteroatoms. The number of hydrogen-bond donors (Lipinski definition) is 1. The van der Waals surface area contributed by atoms with Crippen LogP contribution in [-0.4, -0.2) is 57.4 Å². The normalized spacial score (nSPS) is 21.8. The van der Waals surface area contributed by atoms with Crippen LogP contribution in [0.15, 0.2) is 67.0 Å². The Labute approximate surface area is 211 Å². The number of pyridine rings is 1. The van der Waals surface area contributed by atoms with E-state index in [4.69, 9.17) is 4.74 Å². The number of ether oxygens (including phenoxy) is 1. The highest BCUT2D eigenvalue weighted by Gasteiger charge is 2.48. The van der Waals surface area contributed by atoms with Gasteiger partial charge in [-0.15, -0.1) is 0 Å². The van der Waals surface area contributed by atoms with E-state index in [1.807, 2.05) is 48.2 Å². The average molecular weight is 486 g/mol. The number of rotatable bonds is 5. The van der Waals surface area contributed by atoms with Gasteiger partial charge in [-0.2, -0.15) is 0 Å². The molecule has 186 valence electrons. The van der Waals surface area contributed by atoms with Crippen molar-refractivity contribution in [3.8, 4) is 11.5 Å². The molecule has 0 spiro atoms. The maximum atomic E-state index is 13.7. The number of piperidine rings is 1. The topological polar surface area (TPSA) is 83.0 Å². The number of para-hydroxylation sites is 1. The highest BCUT2D eigenvalue weighted by Crippen LogP contribution is 2.43. The first-order valence-electron chi connectivity index (χ1n) is 12.4. The molecule has 36 heavy (non-hydrogen) atoms. The van der Waals surface area contributed by atoms with Gasteiger partial charge in [0.1, 0.15) is 11.5 Å². The molecule has 1 fully saturated rings. The van der Waals surface area contributed by atoms with Gasteiger partial charge in [-0.25, -0.2) is 0 Å². The van der Waals surface area contributed by atoms with Crippen LogP contribution < -0.4 is 4.74 Å². The Morgan fingerprint density at radius 2 is 2.00 bits per heavy atom. The molecule has 2 aliphatic rings.